The Hall–Kier alpha value is -2.12. The van der Waals surface area contributed by atoms with E-state index in [0.717, 1.165) is 0 Å². The summed E-state index contributed by atoms with van der Waals surface area (Å²) in [4.78, 5) is 25.9. The second kappa shape index (κ2) is 7.43. The highest BCUT2D eigenvalue weighted by molar-refractivity contribution is 7.91. The lowest BCUT2D eigenvalue weighted by molar-refractivity contribution is -0.142. The number of rotatable bonds is 7. The molecular weight excluding hydrogens is 342 g/mol. The molecule has 0 aliphatic rings. The van der Waals surface area contributed by atoms with Crippen molar-refractivity contribution >= 4 is 33.2 Å². The van der Waals surface area contributed by atoms with Crippen LogP contribution in [0.15, 0.2) is 47.5 Å². The van der Waals surface area contributed by atoms with Gasteiger partial charge >= 0.3 is 5.97 Å². The third-order valence-corrected chi connectivity index (χ3v) is 5.22. The van der Waals surface area contributed by atoms with E-state index in [9.17, 15) is 18.0 Å². The topological polar surface area (TPSA) is 93.3 Å². The molecule has 2 rings (SSSR count). The van der Waals surface area contributed by atoms with E-state index in [-0.39, 0.29) is 16.3 Å². The Morgan fingerprint density at radius 2 is 1.87 bits per heavy atom. The van der Waals surface area contributed by atoms with Crippen molar-refractivity contribution in [2.75, 3.05) is 12.4 Å². The lowest BCUT2D eigenvalue weighted by atomic mass is 10.3. The minimum Gasteiger partial charge on any atom is -0.457 e. The molecule has 1 aromatic heterocycles. The summed E-state index contributed by atoms with van der Waals surface area (Å²) in [5, 5.41) is 0.0998. The smallest absolute Gasteiger partial charge is 0.307 e. The van der Waals surface area contributed by atoms with Crippen LogP contribution in [-0.4, -0.2) is 37.5 Å². The molecule has 1 N–H and O–H groups in total. The van der Waals surface area contributed by atoms with Crippen LogP contribution in [0.25, 0.3) is 0 Å². The van der Waals surface area contributed by atoms with Crippen molar-refractivity contribution in [2.45, 2.75) is 11.3 Å². The van der Waals surface area contributed by atoms with Crippen molar-refractivity contribution in [1.29, 1.82) is 0 Å². The molecule has 0 amide bonds. The maximum absolute atomic E-state index is 12.1. The van der Waals surface area contributed by atoms with Crippen molar-refractivity contribution in [3.05, 3.63) is 53.3 Å². The van der Waals surface area contributed by atoms with E-state index in [1.807, 2.05) is 0 Å². The molecule has 1 heterocycles. The number of ketones is 1. The maximum atomic E-state index is 12.1. The molecule has 0 spiro atoms. The summed E-state index contributed by atoms with van der Waals surface area (Å²) in [6.07, 6.45) is 1.22. The highest BCUT2D eigenvalue weighted by atomic mass is 35.5. The molecule has 8 heteroatoms. The van der Waals surface area contributed by atoms with Gasteiger partial charge in [-0.05, 0) is 24.3 Å². The van der Waals surface area contributed by atoms with Crippen molar-refractivity contribution in [1.82, 2.24) is 4.98 Å². The summed E-state index contributed by atoms with van der Waals surface area (Å²) in [5.74, 6) is -1.59. The number of benzene rings is 1. The van der Waals surface area contributed by atoms with Gasteiger partial charge in [-0.25, -0.2) is 8.42 Å². The predicted octanol–water partition coefficient (Wildman–Crippen LogP) is 2.26. The number of sulfone groups is 1. The zero-order valence-corrected chi connectivity index (χ0v) is 13.6. The molecule has 0 radical (unpaired) electrons. The van der Waals surface area contributed by atoms with Gasteiger partial charge in [-0.1, -0.05) is 23.7 Å². The van der Waals surface area contributed by atoms with Crippen molar-refractivity contribution in [3.63, 3.8) is 0 Å². The first-order valence-electron chi connectivity index (χ1n) is 6.69. The molecule has 6 nitrogen and oxygen atoms in total. The van der Waals surface area contributed by atoms with E-state index in [1.165, 1.54) is 12.1 Å². The van der Waals surface area contributed by atoms with Crippen LogP contribution in [0.2, 0.25) is 5.02 Å². The van der Waals surface area contributed by atoms with Crippen molar-refractivity contribution in [3.8, 4) is 0 Å². The summed E-state index contributed by atoms with van der Waals surface area (Å²) in [5.41, 5.74) is 0.321. The first-order valence-corrected chi connectivity index (χ1v) is 8.72. The Balaban J connectivity index is 1.87. The summed E-state index contributed by atoms with van der Waals surface area (Å²) >= 11 is 5.84. The Morgan fingerprint density at radius 3 is 2.52 bits per heavy atom. The van der Waals surface area contributed by atoms with Gasteiger partial charge in [-0.3, -0.25) is 9.59 Å². The lowest BCUT2D eigenvalue weighted by Gasteiger charge is -2.06. The van der Waals surface area contributed by atoms with Crippen LogP contribution >= 0.6 is 11.6 Å². The number of ether oxygens (including phenoxy) is 1. The van der Waals surface area contributed by atoms with Gasteiger partial charge in [0.15, 0.2) is 16.4 Å². The number of aromatic amines is 1. The van der Waals surface area contributed by atoms with E-state index in [2.05, 4.69) is 4.98 Å². The highest BCUT2D eigenvalue weighted by Crippen LogP contribution is 2.22. The van der Waals surface area contributed by atoms with E-state index < -0.39 is 33.9 Å². The summed E-state index contributed by atoms with van der Waals surface area (Å²) in [6, 6.07) is 9.19. The average Bonchev–Trinajstić information content (AvgIpc) is 3.05. The maximum Gasteiger partial charge on any atom is 0.307 e. The summed E-state index contributed by atoms with van der Waals surface area (Å²) in [6.45, 7) is -0.439. The molecule has 1 aromatic carbocycles. The number of esters is 1. The van der Waals surface area contributed by atoms with Crippen molar-refractivity contribution in [2.24, 2.45) is 0 Å². The van der Waals surface area contributed by atoms with E-state index >= 15 is 0 Å². The Labute approximate surface area is 138 Å². The largest absolute Gasteiger partial charge is 0.457 e. The van der Waals surface area contributed by atoms with Gasteiger partial charge in [-0.2, -0.15) is 0 Å². The quantitative estimate of drug-likeness (QED) is 0.607. The van der Waals surface area contributed by atoms with Gasteiger partial charge in [0.1, 0.15) is 0 Å². The number of hydrogen-bond donors (Lipinski definition) is 1. The molecule has 2 aromatic rings. The van der Waals surface area contributed by atoms with Crippen LogP contribution in [-0.2, 0) is 19.4 Å². The van der Waals surface area contributed by atoms with Gasteiger partial charge in [0, 0.05) is 6.20 Å². The molecule has 0 saturated heterocycles. The molecule has 23 heavy (non-hydrogen) atoms. The first kappa shape index (κ1) is 17.2. The number of halogens is 1. The SMILES string of the molecule is O=C(CCS(=O)(=O)c1ccccc1Cl)OCC(=O)c1ccc[nH]1. The van der Waals surface area contributed by atoms with E-state index in [1.54, 1.807) is 30.5 Å². The molecule has 0 fully saturated rings. The lowest BCUT2D eigenvalue weighted by Crippen LogP contribution is -2.17. The molecule has 0 atom stereocenters. The van der Waals surface area contributed by atoms with Crippen LogP contribution < -0.4 is 0 Å². The normalized spacial score (nSPS) is 11.2. The monoisotopic (exact) mass is 355 g/mol. The highest BCUT2D eigenvalue weighted by Gasteiger charge is 2.20. The Kier molecular flexibility index (Phi) is 5.57. The zero-order valence-electron chi connectivity index (χ0n) is 12.0. The third kappa shape index (κ3) is 4.67. The summed E-state index contributed by atoms with van der Waals surface area (Å²) < 4.78 is 29.0. The zero-order chi connectivity index (χ0) is 16.9. The van der Waals surface area contributed by atoms with E-state index in [0.29, 0.717) is 5.69 Å². The van der Waals surface area contributed by atoms with Crippen LogP contribution in [0.4, 0.5) is 0 Å². The fourth-order valence-corrected chi connectivity index (χ4v) is 3.62. The fraction of sp³-hybridized carbons (Fsp3) is 0.200. The van der Waals surface area contributed by atoms with E-state index in [4.69, 9.17) is 16.3 Å². The number of carbonyl (C=O) groups is 2. The molecule has 0 bridgehead atoms. The van der Waals surface area contributed by atoms with Gasteiger partial charge in [0.25, 0.3) is 0 Å². The predicted molar refractivity (Wildman–Crippen MR) is 84.2 cm³/mol. The number of aromatic nitrogens is 1. The average molecular weight is 356 g/mol. The minimum absolute atomic E-state index is 0.0306. The van der Waals surface area contributed by atoms with Crippen LogP contribution in [0, 0.1) is 0 Å². The third-order valence-electron chi connectivity index (χ3n) is 3.01. The standard InChI is InChI=1S/C15H14ClNO5S/c16-11-4-1-2-6-14(11)23(20,21)9-7-15(19)22-10-13(18)12-5-3-8-17-12/h1-6,8,17H,7,9-10H2. The second-order valence-electron chi connectivity index (χ2n) is 4.67. The van der Waals surface area contributed by atoms with Crippen LogP contribution in [0.5, 0.6) is 0 Å². The number of H-pyrrole nitrogens is 1. The van der Waals surface area contributed by atoms with Crippen LogP contribution in [0.1, 0.15) is 16.9 Å². The van der Waals surface area contributed by atoms with Crippen molar-refractivity contribution < 1.29 is 22.7 Å². The molecule has 0 unspecified atom stereocenters. The Morgan fingerprint density at radius 1 is 1.13 bits per heavy atom. The number of hydrogen-bond acceptors (Lipinski definition) is 5. The van der Waals surface area contributed by atoms with Gasteiger partial charge in [-0.15, -0.1) is 0 Å². The van der Waals surface area contributed by atoms with Gasteiger partial charge < -0.3 is 9.72 Å². The summed E-state index contributed by atoms with van der Waals surface area (Å²) in [7, 11) is -3.69. The van der Waals surface area contributed by atoms with Gasteiger partial charge in [0.05, 0.1) is 27.8 Å². The fourth-order valence-electron chi connectivity index (χ4n) is 1.82. The number of Topliss-reactive ketones (excluding diaryl/α,β-unsaturated/α-hetero) is 1. The molecular formula is C15H14ClNO5S. The van der Waals surface area contributed by atoms with Crippen LogP contribution in [0.3, 0.4) is 0 Å². The second-order valence-corrected chi connectivity index (χ2v) is 7.15. The minimum atomic E-state index is -3.69. The number of nitrogens with one attached hydrogen (secondary N) is 1. The molecule has 0 aliphatic heterocycles. The first-order chi connectivity index (χ1) is 10.9. The molecule has 122 valence electrons. The molecule has 0 saturated carbocycles. The Bertz CT molecular complexity index is 799. The molecule has 0 aliphatic carbocycles. The number of carbonyl (C=O) groups excluding carboxylic acids is 2. The van der Waals surface area contributed by atoms with Gasteiger partial charge in [0.2, 0.25) is 5.78 Å².